The lowest BCUT2D eigenvalue weighted by molar-refractivity contribution is 0.174. The van der Waals surface area contributed by atoms with Gasteiger partial charge in [0, 0.05) is 23.6 Å². The highest BCUT2D eigenvalue weighted by atomic mass is 79.9. The van der Waals surface area contributed by atoms with Crippen LogP contribution in [0.2, 0.25) is 0 Å². The molecule has 2 unspecified atom stereocenters. The van der Waals surface area contributed by atoms with Crippen molar-refractivity contribution in [2.45, 2.75) is 39.3 Å². The molecule has 0 fully saturated rings. The van der Waals surface area contributed by atoms with Crippen molar-refractivity contribution in [1.29, 1.82) is 0 Å². The van der Waals surface area contributed by atoms with E-state index in [-0.39, 0.29) is 0 Å². The monoisotopic (exact) mass is 312 g/mol. The van der Waals surface area contributed by atoms with E-state index in [2.05, 4.69) is 66.0 Å². The van der Waals surface area contributed by atoms with E-state index < -0.39 is 0 Å². The summed E-state index contributed by atoms with van der Waals surface area (Å²) in [6, 6.07) is 8.95. The Balaban J connectivity index is 2.64. The average molecular weight is 313 g/mol. The maximum absolute atomic E-state index is 5.94. The number of nitrogens with two attached hydrogens (primary N) is 1. The predicted molar refractivity (Wildman–Crippen MR) is 82.5 cm³/mol. The first-order chi connectivity index (χ1) is 8.58. The molecule has 18 heavy (non-hydrogen) atoms. The summed E-state index contributed by atoms with van der Waals surface area (Å²) in [5.41, 5.74) is 7.27. The van der Waals surface area contributed by atoms with Gasteiger partial charge in [-0.25, -0.2) is 0 Å². The van der Waals surface area contributed by atoms with Crippen molar-refractivity contribution >= 4 is 15.9 Å². The molecule has 0 heterocycles. The van der Waals surface area contributed by atoms with Crippen LogP contribution in [-0.4, -0.2) is 24.5 Å². The number of likely N-dealkylation sites (N-methyl/N-ethyl adjacent to an activating group) is 1. The summed E-state index contributed by atoms with van der Waals surface area (Å²) >= 11 is 3.52. The molecule has 1 rings (SSSR count). The van der Waals surface area contributed by atoms with Gasteiger partial charge >= 0.3 is 0 Å². The Bertz CT molecular complexity index is 354. The van der Waals surface area contributed by atoms with Gasteiger partial charge in [0.1, 0.15) is 0 Å². The van der Waals surface area contributed by atoms with Crippen molar-refractivity contribution in [3.05, 3.63) is 34.3 Å². The van der Waals surface area contributed by atoms with Gasteiger partial charge in [-0.3, -0.25) is 4.90 Å². The SMILES string of the molecule is CCCC(C)C(CN)N(C)Cc1cccc(Br)c1. The van der Waals surface area contributed by atoms with Crippen LogP contribution in [0, 0.1) is 5.92 Å². The number of hydrogen-bond donors (Lipinski definition) is 1. The highest BCUT2D eigenvalue weighted by Crippen LogP contribution is 2.18. The Kier molecular flexibility index (Phi) is 6.90. The zero-order valence-electron chi connectivity index (χ0n) is 11.7. The molecular formula is C15H25BrN2. The third kappa shape index (κ3) is 4.71. The van der Waals surface area contributed by atoms with E-state index in [1.54, 1.807) is 0 Å². The maximum Gasteiger partial charge on any atom is 0.0244 e. The summed E-state index contributed by atoms with van der Waals surface area (Å²) in [6.07, 6.45) is 2.47. The highest BCUT2D eigenvalue weighted by molar-refractivity contribution is 9.10. The number of rotatable bonds is 7. The van der Waals surface area contributed by atoms with E-state index in [1.807, 2.05) is 0 Å². The Morgan fingerprint density at radius 3 is 2.67 bits per heavy atom. The molecule has 0 aliphatic rings. The van der Waals surface area contributed by atoms with Crippen LogP contribution in [0.4, 0.5) is 0 Å². The molecule has 102 valence electrons. The van der Waals surface area contributed by atoms with Gasteiger partial charge in [-0.2, -0.15) is 0 Å². The Hall–Kier alpha value is -0.380. The highest BCUT2D eigenvalue weighted by Gasteiger charge is 2.19. The maximum atomic E-state index is 5.94. The van der Waals surface area contributed by atoms with Crippen LogP contribution < -0.4 is 5.73 Å². The zero-order chi connectivity index (χ0) is 13.5. The molecule has 0 spiro atoms. The summed E-state index contributed by atoms with van der Waals surface area (Å²) in [6.45, 7) is 6.22. The molecule has 2 N–H and O–H groups in total. The third-order valence-corrected chi connectivity index (χ3v) is 4.02. The summed E-state index contributed by atoms with van der Waals surface area (Å²) in [7, 11) is 2.17. The molecule has 0 amide bonds. The van der Waals surface area contributed by atoms with E-state index in [0.717, 1.165) is 17.6 Å². The van der Waals surface area contributed by atoms with Crippen LogP contribution in [0.3, 0.4) is 0 Å². The minimum absolute atomic E-state index is 0.462. The van der Waals surface area contributed by atoms with Crippen molar-refractivity contribution in [3.8, 4) is 0 Å². The molecule has 0 saturated heterocycles. The summed E-state index contributed by atoms with van der Waals surface area (Å²) in [4.78, 5) is 2.38. The lowest BCUT2D eigenvalue weighted by atomic mass is 9.95. The molecule has 0 aliphatic carbocycles. The molecule has 0 bridgehead atoms. The van der Waals surface area contributed by atoms with Crippen LogP contribution >= 0.6 is 15.9 Å². The smallest absolute Gasteiger partial charge is 0.0244 e. The largest absolute Gasteiger partial charge is 0.329 e. The van der Waals surface area contributed by atoms with Crippen LogP contribution in [0.15, 0.2) is 28.7 Å². The normalized spacial score (nSPS) is 14.8. The fourth-order valence-corrected chi connectivity index (χ4v) is 2.98. The molecule has 0 aliphatic heterocycles. The standard InChI is InChI=1S/C15H25BrN2/c1-4-6-12(2)15(10-17)18(3)11-13-7-5-8-14(16)9-13/h5,7-9,12,15H,4,6,10-11,17H2,1-3H3. The number of benzene rings is 1. The van der Waals surface area contributed by atoms with E-state index in [0.29, 0.717) is 12.0 Å². The summed E-state index contributed by atoms with van der Waals surface area (Å²) in [5.74, 6) is 0.650. The van der Waals surface area contributed by atoms with Crippen molar-refractivity contribution in [2.24, 2.45) is 11.7 Å². The van der Waals surface area contributed by atoms with Gasteiger partial charge in [-0.05, 0) is 37.1 Å². The fourth-order valence-electron chi connectivity index (χ4n) is 2.53. The van der Waals surface area contributed by atoms with E-state index >= 15 is 0 Å². The van der Waals surface area contributed by atoms with Gasteiger partial charge in [0.25, 0.3) is 0 Å². The first kappa shape index (κ1) is 15.7. The molecule has 2 atom stereocenters. The molecular weight excluding hydrogens is 288 g/mol. The lowest BCUT2D eigenvalue weighted by Gasteiger charge is -2.32. The van der Waals surface area contributed by atoms with Crippen molar-refractivity contribution in [2.75, 3.05) is 13.6 Å². The molecule has 0 saturated carbocycles. The second-order valence-corrected chi connectivity index (χ2v) is 6.03. The quantitative estimate of drug-likeness (QED) is 0.832. The minimum atomic E-state index is 0.462. The lowest BCUT2D eigenvalue weighted by Crippen LogP contribution is -2.42. The van der Waals surface area contributed by atoms with Gasteiger partial charge in [-0.1, -0.05) is 48.3 Å². The summed E-state index contributed by atoms with van der Waals surface area (Å²) in [5, 5.41) is 0. The zero-order valence-corrected chi connectivity index (χ0v) is 13.3. The van der Waals surface area contributed by atoms with Crippen molar-refractivity contribution in [1.82, 2.24) is 4.90 Å². The van der Waals surface area contributed by atoms with Crippen LogP contribution in [0.5, 0.6) is 0 Å². The second kappa shape index (κ2) is 7.93. The average Bonchev–Trinajstić information content (AvgIpc) is 2.30. The fraction of sp³-hybridized carbons (Fsp3) is 0.600. The van der Waals surface area contributed by atoms with E-state index in [1.165, 1.54) is 18.4 Å². The van der Waals surface area contributed by atoms with Crippen molar-refractivity contribution in [3.63, 3.8) is 0 Å². The van der Waals surface area contributed by atoms with Gasteiger partial charge in [0.05, 0.1) is 0 Å². The summed E-state index contributed by atoms with van der Waals surface area (Å²) < 4.78 is 1.14. The Morgan fingerprint density at radius 2 is 2.11 bits per heavy atom. The number of halogens is 1. The molecule has 2 nitrogen and oxygen atoms in total. The molecule has 0 radical (unpaired) electrons. The third-order valence-electron chi connectivity index (χ3n) is 3.53. The van der Waals surface area contributed by atoms with Crippen LogP contribution in [-0.2, 0) is 6.54 Å². The molecule has 3 heteroatoms. The molecule has 1 aromatic rings. The Morgan fingerprint density at radius 1 is 1.39 bits per heavy atom. The minimum Gasteiger partial charge on any atom is -0.329 e. The number of nitrogens with zero attached hydrogens (tertiary/aromatic N) is 1. The van der Waals surface area contributed by atoms with Gasteiger partial charge in [0.15, 0.2) is 0 Å². The van der Waals surface area contributed by atoms with Crippen LogP contribution in [0.25, 0.3) is 0 Å². The van der Waals surface area contributed by atoms with Gasteiger partial charge in [-0.15, -0.1) is 0 Å². The second-order valence-electron chi connectivity index (χ2n) is 5.11. The predicted octanol–water partition coefficient (Wildman–Crippen LogP) is 3.64. The molecule has 1 aromatic carbocycles. The first-order valence-electron chi connectivity index (χ1n) is 6.73. The Labute approximate surface area is 120 Å². The van der Waals surface area contributed by atoms with Gasteiger partial charge < -0.3 is 5.73 Å². The van der Waals surface area contributed by atoms with Gasteiger partial charge in [0.2, 0.25) is 0 Å². The topological polar surface area (TPSA) is 29.3 Å². The van der Waals surface area contributed by atoms with E-state index in [4.69, 9.17) is 5.73 Å². The number of hydrogen-bond acceptors (Lipinski definition) is 2. The van der Waals surface area contributed by atoms with Crippen LogP contribution in [0.1, 0.15) is 32.3 Å². The van der Waals surface area contributed by atoms with E-state index in [9.17, 15) is 0 Å². The first-order valence-corrected chi connectivity index (χ1v) is 7.52. The van der Waals surface area contributed by atoms with Crippen molar-refractivity contribution < 1.29 is 0 Å². The molecule has 0 aromatic heterocycles.